The summed E-state index contributed by atoms with van der Waals surface area (Å²) >= 11 is 6.01. The minimum atomic E-state index is -4.50. The van der Waals surface area contributed by atoms with Crippen LogP contribution in [-0.2, 0) is 11.2 Å². The Labute approximate surface area is 189 Å². The lowest BCUT2D eigenvalue weighted by Crippen LogP contribution is -2.34. The van der Waals surface area contributed by atoms with Crippen LogP contribution in [0.3, 0.4) is 0 Å². The molecule has 1 amide bonds. The number of amides is 1. The first-order chi connectivity index (χ1) is 14.9. The van der Waals surface area contributed by atoms with Crippen LogP contribution in [0.4, 0.5) is 23.7 Å². The van der Waals surface area contributed by atoms with Crippen LogP contribution in [0.2, 0.25) is 5.02 Å². The molecular formula is C23H25ClF3NO4. The first kappa shape index (κ1) is 25.5. The molecular weight excluding hydrogens is 447 g/mol. The predicted octanol–water partition coefficient (Wildman–Crippen LogP) is 6.74. The fourth-order valence-electron chi connectivity index (χ4n) is 3.37. The van der Waals surface area contributed by atoms with E-state index in [1.165, 1.54) is 25.0 Å². The van der Waals surface area contributed by atoms with E-state index in [0.717, 1.165) is 18.9 Å². The SMILES string of the molecule is Cc1cc(C(C(=O)Nc2cccc(CC3CC3)c2)C(C)C(F)(F)F)ccc1Cl.O=C(O)O. The van der Waals surface area contributed by atoms with Gasteiger partial charge in [-0.15, -0.1) is 0 Å². The summed E-state index contributed by atoms with van der Waals surface area (Å²) < 4.78 is 40.4. The third-order valence-corrected chi connectivity index (χ3v) is 5.68. The van der Waals surface area contributed by atoms with Crippen molar-refractivity contribution in [1.82, 2.24) is 0 Å². The van der Waals surface area contributed by atoms with Crippen molar-refractivity contribution in [2.24, 2.45) is 11.8 Å². The van der Waals surface area contributed by atoms with Gasteiger partial charge in [-0.25, -0.2) is 4.79 Å². The molecule has 0 spiro atoms. The first-order valence-electron chi connectivity index (χ1n) is 10.0. The zero-order valence-corrected chi connectivity index (χ0v) is 18.4. The second kappa shape index (κ2) is 10.7. The average Bonchev–Trinajstić information content (AvgIpc) is 3.48. The quantitative estimate of drug-likeness (QED) is 0.435. The maximum Gasteiger partial charge on any atom is 0.503 e. The predicted molar refractivity (Wildman–Crippen MR) is 116 cm³/mol. The van der Waals surface area contributed by atoms with Gasteiger partial charge < -0.3 is 15.5 Å². The van der Waals surface area contributed by atoms with E-state index in [4.69, 9.17) is 26.6 Å². The van der Waals surface area contributed by atoms with Crippen molar-refractivity contribution in [3.8, 4) is 0 Å². The van der Waals surface area contributed by atoms with Gasteiger partial charge in [0.2, 0.25) is 5.91 Å². The maximum atomic E-state index is 13.5. The Morgan fingerprint density at radius 3 is 2.31 bits per heavy atom. The summed E-state index contributed by atoms with van der Waals surface area (Å²) in [5.74, 6) is -3.18. The van der Waals surface area contributed by atoms with Gasteiger partial charge in [-0.05, 0) is 67.0 Å². The molecule has 32 heavy (non-hydrogen) atoms. The summed E-state index contributed by atoms with van der Waals surface area (Å²) in [5, 5.41) is 17.1. The zero-order valence-electron chi connectivity index (χ0n) is 17.6. The summed E-state index contributed by atoms with van der Waals surface area (Å²) in [7, 11) is 0. The molecule has 0 radical (unpaired) electrons. The van der Waals surface area contributed by atoms with Crippen molar-refractivity contribution >= 4 is 29.4 Å². The van der Waals surface area contributed by atoms with Crippen molar-refractivity contribution in [1.29, 1.82) is 0 Å². The highest BCUT2D eigenvalue weighted by atomic mass is 35.5. The maximum absolute atomic E-state index is 13.5. The number of hydrogen-bond acceptors (Lipinski definition) is 2. The molecule has 2 unspecified atom stereocenters. The Hall–Kier alpha value is -2.74. The van der Waals surface area contributed by atoms with Crippen molar-refractivity contribution in [2.75, 3.05) is 5.32 Å². The molecule has 0 aromatic heterocycles. The van der Waals surface area contributed by atoms with E-state index in [2.05, 4.69) is 5.32 Å². The third kappa shape index (κ3) is 7.75. The molecule has 1 fully saturated rings. The van der Waals surface area contributed by atoms with Crippen LogP contribution in [0.25, 0.3) is 0 Å². The summed E-state index contributed by atoms with van der Waals surface area (Å²) in [6.07, 6.45) is -2.98. The van der Waals surface area contributed by atoms with Gasteiger partial charge in [0.1, 0.15) is 0 Å². The monoisotopic (exact) mass is 471 g/mol. The van der Waals surface area contributed by atoms with E-state index in [1.54, 1.807) is 19.1 Å². The van der Waals surface area contributed by atoms with Gasteiger partial charge in [-0.3, -0.25) is 4.79 Å². The minimum absolute atomic E-state index is 0.304. The lowest BCUT2D eigenvalue weighted by molar-refractivity contribution is -0.178. The van der Waals surface area contributed by atoms with E-state index in [0.29, 0.717) is 27.8 Å². The van der Waals surface area contributed by atoms with Crippen LogP contribution < -0.4 is 5.32 Å². The van der Waals surface area contributed by atoms with Gasteiger partial charge in [-0.1, -0.05) is 42.8 Å². The smallest absolute Gasteiger partial charge is 0.450 e. The third-order valence-electron chi connectivity index (χ3n) is 5.26. The number of anilines is 1. The van der Waals surface area contributed by atoms with Gasteiger partial charge in [0, 0.05) is 10.7 Å². The number of halogens is 4. The second-order valence-electron chi connectivity index (χ2n) is 7.94. The lowest BCUT2D eigenvalue weighted by Gasteiger charge is -2.26. The first-order valence-corrected chi connectivity index (χ1v) is 10.4. The van der Waals surface area contributed by atoms with E-state index in [1.807, 2.05) is 18.2 Å². The number of carbonyl (C=O) groups is 2. The van der Waals surface area contributed by atoms with Crippen LogP contribution in [0.5, 0.6) is 0 Å². The van der Waals surface area contributed by atoms with Gasteiger partial charge in [0.25, 0.3) is 0 Å². The largest absolute Gasteiger partial charge is 0.503 e. The lowest BCUT2D eigenvalue weighted by atomic mass is 9.85. The van der Waals surface area contributed by atoms with Gasteiger partial charge >= 0.3 is 12.3 Å². The van der Waals surface area contributed by atoms with E-state index < -0.39 is 30.1 Å². The molecule has 9 heteroatoms. The van der Waals surface area contributed by atoms with Gasteiger partial charge in [-0.2, -0.15) is 13.2 Å². The molecule has 2 atom stereocenters. The van der Waals surface area contributed by atoms with E-state index >= 15 is 0 Å². The van der Waals surface area contributed by atoms with Crippen molar-refractivity contribution in [3.63, 3.8) is 0 Å². The standard InChI is InChI=1S/C22H23ClF3NO.CH2O3/c1-13-10-17(8-9-19(13)23)20(14(2)22(24,25)26)21(28)27-18-5-3-4-16(12-18)11-15-6-7-15;2-1(3)4/h3-5,8-10,12,14-15,20H,6-7,11H2,1-2H3,(H,27,28);(H2,2,3,4). The normalized spacial score (nSPS) is 15.2. The average molecular weight is 472 g/mol. The molecule has 0 saturated heterocycles. The Balaban J connectivity index is 0.000000837. The highest BCUT2D eigenvalue weighted by Crippen LogP contribution is 2.39. The number of carbonyl (C=O) groups excluding carboxylic acids is 1. The molecule has 1 aliphatic rings. The number of rotatable bonds is 6. The molecule has 0 heterocycles. The Kier molecular flexibility index (Phi) is 8.55. The summed E-state index contributed by atoms with van der Waals surface area (Å²) in [6.45, 7) is 2.75. The number of alkyl halides is 3. The molecule has 1 saturated carbocycles. The molecule has 3 rings (SSSR count). The van der Waals surface area contributed by atoms with Crippen molar-refractivity contribution in [3.05, 3.63) is 64.2 Å². The molecule has 0 bridgehead atoms. The molecule has 2 aromatic carbocycles. The fourth-order valence-corrected chi connectivity index (χ4v) is 3.49. The van der Waals surface area contributed by atoms with Crippen LogP contribution >= 0.6 is 11.6 Å². The number of carboxylic acid groups (broad SMARTS) is 2. The van der Waals surface area contributed by atoms with Crippen LogP contribution in [0.15, 0.2) is 42.5 Å². The molecule has 2 aromatic rings. The number of aryl methyl sites for hydroxylation is 1. The minimum Gasteiger partial charge on any atom is -0.450 e. The second-order valence-corrected chi connectivity index (χ2v) is 8.34. The molecule has 1 aliphatic carbocycles. The van der Waals surface area contributed by atoms with Crippen molar-refractivity contribution < 1.29 is 33.0 Å². The Bertz CT molecular complexity index is 956. The number of benzene rings is 2. The highest BCUT2D eigenvalue weighted by Gasteiger charge is 2.45. The zero-order chi connectivity index (χ0) is 24.1. The molecule has 0 aliphatic heterocycles. The highest BCUT2D eigenvalue weighted by molar-refractivity contribution is 6.31. The molecule has 174 valence electrons. The van der Waals surface area contributed by atoms with Gasteiger partial charge in [0.15, 0.2) is 0 Å². The van der Waals surface area contributed by atoms with Crippen LogP contribution in [0.1, 0.15) is 42.4 Å². The fraction of sp³-hybridized carbons (Fsp3) is 0.391. The summed E-state index contributed by atoms with van der Waals surface area (Å²) in [4.78, 5) is 21.5. The topological polar surface area (TPSA) is 86.6 Å². The Morgan fingerprint density at radius 1 is 1.16 bits per heavy atom. The van der Waals surface area contributed by atoms with Gasteiger partial charge in [0.05, 0.1) is 11.8 Å². The molecule has 5 nitrogen and oxygen atoms in total. The number of nitrogens with one attached hydrogen (secondary N) is 1. The van der Waals surface area contributed by atoms with Crippen LogP contribution in [0, 0.1) is 18.8 Å². The number of hydrogen-bond donors (Lipinski definition) is 3. The van der Waals surface area contributed by atoms with Crippen molar-refractivity contribution in [2.45, 2.75) is 45.2 Å². The van der Waals surface area contributed by atoms with E-state index in [-0.39, 0.29) is 0 Å². The molecule has 3 N–H and O–H groups in total. The summed E-state index contributed by atoms with van der Waals surface area (Å²) in [5.41, 5.74) is 2.55. The van der Waals surface area contributed by atoms with E-state index in [9.17, 15) is 18.0 Å². The van der Waals surface area contributed by atoms with Crippen LogP contribution in [-0.4, -0.2) is 28.5 Å². The summed E-state index contributed by atoms with van der Waals surface area (Å²) in [6, 6.07) is 11.9. The Morgan fingerprint density at radius 2 is 1.78 bits per heavy atom.